The van der Waals surface area contributed by atoms with Crippen molar-refractivity contribution in [1.82, 2.24) is 14.8 Å². The van der Waals surface area contributed by atoms with E-state index < -0.39 is 0 Å². The fourth-order valence-electron chi connectivity index (χ4n) is 5.98. The Labute approximate surface area is 243 Å². The van der Waals surface area contributed by atoms with Crippen molar-refractivity contribution in [2.45, 2.75) is 12.3 Å². The van der Waals surface area contributed by atoms with Crippen molar-refractivity contribution >= 4 is 21.8 Å². The molecule has 0 amide bonds. The van der Waals surface area contributed by atoms with Gasteiger partial charge in [-0.1, -0.05) is 85.0 Å². The van der Waals surface area contributed by atoms with E-state index in [1.807, 2.05) is 30.3 Å². The van der Waals surface area contributed by atoms with E-state index in [0.29, 0.717) is 17.7 Å². The maximum Gasteiger partial charge on any atom is 0.248 e. The summed E-state index contributed by atoms with van der Waals surface area (Å²) in [5.41, 5.74) is 9.02. The van der Waals surface area contributed by atoms with E-state index in [4.69, 9.17) is 4.42 Å². The van der Waals surface area contributed by atoms with Crippen LogP contribution < -0.4 is 0 Å². The molecule has 0 radical (unpaired) electrons. The second kappa shape index (κ2) is 10.2. The molecule has 4 nitrogen and oxygen atoms in total. The van der Waals surface area contributed by atoms with Gasteiger partial charge in [0, 0.05) is 33.5 Å². The largest absolute Gasteiger partial charge is 0.416 e. The van der Waals surface area contributed by atoms with Crippen molar-refractivity contribution in [1.29, 1.82) is 0 Å². The molecule has 200 valence electrons. The Morgan fingerprint density at radius 3 is 1.88 bits per heavy atom. The van der Waals surface area contributed by atoms with Crippen LogP contribution in [0.1, 0.15) is 17.9 Å². The third-order valence-corrected chi connectivity index (χ3v) is 8.12. The molecule has 5 aromatic carbocycles. The van der Waals surface area contributed by atoms with Gasteiger partial charge < -0.3 is 8.98 Å². The Bertz CT molecular complexity index is 2100. The van der Waals surface area contributed by atoms with Crippen LogP contribution in [-0.2, 0) is 0 Å². The van der Waals surface area contributed by atoms with Crippen LogP contribution >= 0.6 is 0 Å². The predicted molar refractivity (Wildman–Crippen MR) is 171 cm³/mol. The van der Waals surface area contributed by atoms with Crippen LogP contribution in [0, 0.1) is 0 Å². The first-order valence-electron chi connectivity index (χ1n) is 14.3. The summed E-state index contributed by atoms with van der Waals surface area (Å²) in [5, 5.41) is 11.1. The first-order chi connectivity index (χ1) is 20.8. The SMILES string of the molecule is C1=CCC(c2ccc3c(c2)c2cc(-c4ccccc4)ccc2n3-c2ccc(-c3nnc(-c4ccccc4)o3)cc2)C=C1. The minimum absolute atomic E-state index is 0.393. The molecule has 0 N–H and O–H groups in total. The van der Waals surface area contributed by atoms with Gasteiger partial charge >= 0.3 is 0 Å². The lowest BCUT2D eigenvalue weighted by Crippen LogP contribution is -1.97. The summed E-state index contributed by atoms with van der Waals surface area (Å²) in [5.74, 6) is 1.42. The Kier molecular flexibility index (Phi) is 5.89. The van der Waals surface area contributed by atoms with Crippen molar-refractivity contribution in [3.8, 4) is 39.7 Å². The molecule has 7 aromatic rings. The normalized spacial score (nSPS) is 14.6. The number of aromatic nitrogens is 3. The fraction of sp³-hybridized carbons (Fsp3) is 0.0526. The Morgan fingerprint density at radius 1 is 0.571 bits per heavy atom. The molecule has 42 heavy (non-hydrogen) atoms. The minimum atomic E-state index is 0.393. The van der Waals surface area contributed by atoms with Crippen LogP contribution in [0.3, 0.4) is 0 Å². The Hall–Kier alpha value is -5.48. The molecule has 0 saturated heterocycles. The van der Waals surface area contributed by atoms with Gasteiger partial charge in [0.1, 0.15) is 0 Å². The summed E-state index contributed by atoms with van der Waals surface area (Å²) in [7, 11) is 0. The lowest BCUT2D eigenvalue weighted by molar-refractivity contribution is 0.584. The molecular formula is C38H27N3O. The van der Waals surface area contributed by atoms with E-state index in [1.54, 1.807) is 0 Å². The number of allylic oxidation sites excluding steroid dienone is 4. The van der Waals surface area contributed by atoms with Crippen molar-refractivity contribution < 1.29 is 4.42 Å². The Morgan fingerprint density at radius 2 is 1.19 bits per heavy atom. The summed E-state index contributed by atoms with van der Waals surface area (Å²) in [6.45, 7) is 0. The molecule has 1 unspecified atom stereocenters. The third kappa shape index (κ3) is 4.25. The first-order valence-corrected chi connectivity index (χ1v) is 14.3. The summed E-state index contributed by atoms with van der Waals surface area (Å²) in [4.78, 5) is 0. The average molecular weight is 542 g/mol. The average Bonchev–Trinajstić information content (AvgIpc) is 3.69. The molecule has 0 saturated carbocycles. The van der Waals surface area contributed by atoms with Gasteiger partial charge in [-0.3, -0.25) is 0 Å². The van der Waals surface area contributed by atoms with Gasteiger partial charge in [-0.15, -0.1) is 10.2 Å². The molecule has 0 aliphatic heterocycles. The topological polar surface area (TPSA) is 43.9 Å². The van der Waals surface area contributed by atoms with Gasteiger partial charge in [-0.25, -0.2) is 0 Å². The predicted octanol–water partition coefficient (Wildman–Crippen LogP) is 9.77. The van der Waals surface area contributed by atoms with Crippen LogP contribution in [0.15, 0.2) is 150 Å². The monoisotopic (exact) mass is 541 g/mol. The van der Waals surface area contributed by atoms with E-state index in [2.05, 4.69) is 130 Å². The lowest BCUT2D eigenvalue weighted by atomic mass is 9.91. The highest BCUT2D eigenvalue weighted by atomic mass is 16.4. The second-order valence-electron chi connectivity index (χ2n) is 10.7. The van der Waals surface area contributed by atoms with E-state index in [9.17, 15) is 0 Å². The van der Waals surface area contributed by atoms with Crippen LogP contribution in [0.25, 0.3) is 61.5 Å². The summed E-state index contributed by atoms with van der Waals surface area (Å²) < 4.78 is 8.37. The molecular weight excluding hydrogens is 514 g/mol. The van der Waals surface area contributed by atoms with Gasteiger partial charge in [0.15, 0.2) is 0 Å². The molecule has 2 aromatic heterocycles. The maximum atomic E-state index is 6.01. The van der Waals surface area contributed by atoms with Crippen molar-refractivity contribution in [3.63, 3.8) is 0 Å². The highest BCUT2D eigenvalue weighted by Crippen LogP contribution is 2.38. The summed E-state index contributed by atoms with van der Waals surface area (Å²) in [6, 6.07) is 42.6. The van der Waals surface area contributed by atoms with Crippen LogP contribution in [0.4, 0.5) is 0 Å². The highest BCUT2D eigenvalue weighted by Gasteiger charge is 2.17. The lowest BCUT2D eigenvalue weighted by Gasteiger charge is -2.14. The van der Waals surface area contributed by atoms with E-state index >= 15 is 0 Å². The van der Waals surface area contributed by atoms with Crippen molar-refractivity contribution in [2.24, 2.45) is 0 Å². The molecule has 1 aliphatic carbocycles. The molecule has 0 bridgehead atoms. The molecule has 1 atom stereocenters. The molecule has 8 rings (SSSR count). The van der Waals surface area contributed by atoms with Crippen LogP contribution in [0.5, 0.6) is 0 Å². The molecule has 1 aliphatic rings. The number of hydrogen-bond acceptors (Lipinski definition) is 3. The first kappa shape index (κ1) is 24.3. The maximum absolute atomic E-state index is 6.01. The van der Waals surface area contributed by atoms with E-state index in [0.717, 1.165) is 23.2 Å². The second-order valence-corrected chi connectivity index (χ2v) is 10.7. The van der Waals surface area contributed by atoms with Crippen molar-refractivity contribution in [3.05, 3.63) is 151 Å². The fourth-order valence-corrected chi connectivity index (χ4v) is 5.98. The van der Waals surface area contributed by atoms with Gasteiger partial charge in [0.2, 0.25) is 11.8 Å². The van der Waals surface area contributed by atoms with Gasteiger partial charge in [0.25, 0.3) is 0 Å². The zero-order valence-electron chi connectivity index (χ0n) is 22.9. The van der Waals surface area contributed by atoms with E-state index in [1.165, 1.54) is 38.5 Å². The number of benzene rings is 5. The van der Waals surface area contributed by atoms with Crippen LogP contribution in [-0.4, -0.2) is 14.8 Å². The smallest absolute Gasteiger partial charge is 0.248 e. The standard InChI is InChI=1S/C38H27N3O/c1-4-10-26(11-5-1)30-18-22-35-33(24-30)34-25-31(27-12-6-2-7-13-27)19-23-36(34)41(35)32-20-16-29(17-21-32)38-40-39-37(42-38)28-14-8-3-9-15-28/h1-12,14-25,27H,13H2. The zero-order valence-corrected chi connectivity index (χ0v) is 22.9. The molecule has 0 spiro atoms. The quantitative estimate of drug-likeness (QED) is 0.218. The van der Waals surface area contributed by atoms with Crippen molar-refractivity contribution in [2.75, 3.05) is 0 Å². The zero-order chi connectivity index (χ0) is 27.9. The molecule has 4 heteroatoms. The number of fused-ring (bicyclic) bond motifs is 3. The third-order valence-electron chi connectivity index (χ3n) is 8.12. The van der Waals surface area contributed by atoms with Gasteiger partial charge in [-0.2, -0.15) is 0 Å². The number of rotatable bonds is 5. The van der Waals surface area contributed by atoms with Gasteiger partial charge in [-0.05, 0) is 83.8 Å². The highest BCUT2D eigenvalue weighted by molar-refractivity contribution is 6.10. The number of hydrogen-bond donors (Lipinski definition) is 0. The van der Waals surface area contributed by atoms with Gasteiger partial charge in [0.05, 0.1) is 11.0 Å². The Balaban J connectivity index is 1.24. The minimum Gasteiger partial charge on any atom is -0.416 e. The van der Waals surface area contributed by atoms with E-state index in [-0.39, 0.29) is 0 Å². The molecule has 0 fully saturated rings. The number of nitrogens with zero attached hydrogens (tertiary/aromatic N) is 3. The van der Waals surface area contributed by atoms with Crippen LogP contribution in [0.2, 0.25) is 0 Å². The molecule has 2 heterocycles. The summed E-state index contributed by atoms with van der Waals surface area (Å²) in [6.07, 6.45) is 9.87. The summed E-state index contributed by atoms with van der Waals surface area (Å²) >= 11 is 0.